The van der Waals surface area contributed by atoms with Gasteiger partial charge in [-0.2, -0.15) is 15.8 Å². The van der Waals surface area contributed by atoms with E-state index in [0.29, 0.717) is 18.2 Å². The number of hydrogen-bond acceptors (Lipinski definition) is 7. The maximum Gasteiger partial charge on any atom is 0.172 e. The fourth-order valence-electron chi connectivity index (χ4n) is 10.8. The van der Waals surface area contributed by atoms with E-state index >= 15 is 0 Å². The van der Waals surface area contributed by atoms with Crippen molar-refractivity contribution in [3.8, 4) is 35.3 Å². The number of aromatic nitrogens is 2. The SMILES string of the molecule is CC(CCCCCCOc1ccc(N(c2ccc(-n3c4ccccc4c4ccccc43)cc2)c2ccc(-n3c4ccccc4c4ccccc43)cc2)cc1)Nc1ccc(C=CC2=C(C#N)C(=C(C#N)C#N)OC2(C)C)cc1. The maximum atomic E-state index is 9.85. The Morgan fingerprint density at radius 2 is 1.03 bits per heavy atom. The number of benzene rings is 8. The number of anilines is 4. The number of nitrogens with one attached hydrogen (secondary N) is 1. The van der Waals surface area contributed by atoms with Crippen LogP contribution in [0.1, 0.15) is 58.4 Å². The van der Waals surface area contributed by atoms with Crippen molar-refractivity contribution in [2.45, 2.75) is 64.5 Å². The predicted octanol–water partition coefficient (Wildman–Crippen LogP) is 17.1. The second-order valence-electron chi connectivity index (χ2n) is 20.1. The number of rotatable bonds is 17. The van der Waals surface area contributed by atoms with Gasteiger partial charge in [-0.05, 0) is 148 Å². The van der Waals surface area contributed by atoms with Crippen LogP contribution in [0.15, 0.2) is 223 Å². The van der Waals surface area contributed by atoms with Crippen LogP contribution in [0.2, 0.25) is 0 Å². The lowest BCUT2D eigenvalue weighted by molar-refractivity contribution is 0.0954. The lowest BCUT2D eigenvalue weighted by atomic mass is 9.94. The van der Waals surface area contributed by atoms with Gasteiger partial charge in [-0.15, -0.1) is 0 Å². The molecule has 1 aliphatic heterocycles. The molecule has 3 heterocycles. The maximum absolute atomic E-state index is 9.85. The summed E-state index contributed by atoms with van der Waals surface area (Å²) in [5, 5.41) is 37.2. The van der Waals surface area contributed by atoms with E-state index in [0.717, 1.165) is 77.5 Å². The van der Waals surface area contributed by atoms with Crippen LogP contribution < -0.4 is 15.0 Å². The van der Waals surface area contributed by atoms with Gasteiger partial charge >= 0.3 is 0 Å². The Kier molecular flexibility index (Phi) is 13.9. The predicted molar refractivity (Wildman–Crippen MR) is 313 cm³/mol. The van der Waals surface area contributed by atoms with E-state index in [-0.39, 0.29) is 16.9 Å². The molecule has 8 aromatic carbocycles. The van der Waals surface area contributed by atoms with Crippen LogP contribution in [-0.4, -0.2) is 27.4 Å². The second-order valence-corrected chi connectivity index (χ2v) is 20.1. The van der Waals surface area contributed by atoms with Gasteiger partial charge in [0.05, 0.1) is 28.7 Å². The van der Waals surface area contributed by atoms with E-state index < -0.39 is 5.60 Å². The quantitative estimate of drug-likeness (QED) is 0.0713. The van der Waals surface area contributed by atoms with Crippen molar-refractivity contribution in [2.24, 2.45) is 0 Å². The van der Waals surface area contributed by atoms with Gasteiger partial charge in [-0.3, -0.25) is 0 Å². The Labute approximate surface area is 449 Å². The van der Waals surface area contributed by atoms with Crippen LogP contribution in [0.5, 0.6) is 5.75 Å². The summed E-state index contributed by atoms with van der Waals surface area (Å²) < 4.78 is 16.9. The highest BCUT2D eigenvalue weighted by Crippen LogP contribution is 2.42. The average molecular weight is 1000 g/mol. The molecule has 1 unspecified atom stereocenters. The van der Waals surface area contributed by atoms with Crippen LogP contribution in [0.3, 0.4) is 0 Å². The highest BCUT2D eigenvalue weighted by atomic mass is 16.5. The second kappa shape index (κ2) is 21.6. The van der Waals surface area contributed by atoms with Crippen molar-refractivity contribution < 1.29 is 9.47 Å². The standard InChI is InChI=1S/C68H57N7O2/c1-47(72-50-28-25-48(26-29-50)27-42-62-61(46-71)67(49(44-69)45-70)77-68(62,2)3)16-6-4-5-15-43-76-56-40-38-53(39-41-56)73(51-30-34-54(35-31-51)74-63-21-11-7-17-57(63)58-18-8-12-22-64(58)74)52-32-36-55(37-33-52)75-65-23-13-9-19-59(65)60-20-10-14-24-66(60)75/h7-14,17-42,47,72H,4-6,15-16,43H2,1-3H3. The van der Waals surface area contributed by atoms with E-state index in [4.69, 9.17) is 9.47 Å². The van der Waals surface area contributed by atoms with Crippen molar-refractivity contribution in [2.75, 3.05) is 16.8 Å². The number of nitrogens with zero attached hydrogens (tertiary/aromatic N) is 6. The molecule has 9 nitrogen and oxygen atoms in total. The molecule has 2 aromatic heterocycles. The third-order valence-corrected chi connectivity index (χ3v) is 14.6. The molecule has 0 amide bonds. The van der Waals surface area contributed by atoms with E-state index in [1.54, 1.807) is 0 Å². The van der Waals surface area contributed by atoms with Crippen molar-refractivity contribution in [1.29, 1.82) is 15.8 Å². The normalized spacial score (nSPS) is 13.4. The molecule has 11 rings (SSSR count). The van der Waals surface area contributed by atoms with Gasteiger partial charge in [0.1, 0.15) is 35.1 Å². The molecule has 1 N–H and O–H groups in total. The lowest BCUT2D eigenvalue weighted by Crippen LogP contribution is -2.20. The van der Waals surface area contributed by atoms with Crippen LogP contribution in [0, 0.1) is 34.0 Å². The summed E-state index contributed by atoms with van der Waals surface area (Å²) in [6, 6.07) is 75.1. The molecule has 0 aliphatic carbocycles. The van der Waals surface area contributed by atoms with Gasteiger partial charge in [0.25, 0.3) is 0 Å². The van der Waals surface area contributed by atoms with Gasteiger partial charge in [-0.25, -0.2) is 0 Å². The largest absolute Gasteiger partial charge is 0.494 e. The van der Waals surface area contributed by atoms with E-state index in [1.807, 2.05) is 50.3 Å². The molecule has 10 aromatic rings. The molecule has 1 aliphatic rings. The fourth-order valence-corrected chi connectivity index (χ4v) is 10.8. The summed E-state index contributed by atoms with van der Waals surface area (Å²) in [6.07, 6.45) is 9.11. The molecule has 0 fully saturated rings. The van der Waals surface area contributed by atoms with E-state index in [9.17, 15) is 15.8 Å². The average Bonchev–Trinajstić information content (AvgIpc) is 4.15. The first kappa shape index (κ1) is 49.5. The smallest absolute Gasteiger partial charge is 0.172 e. The molecule has 1 atom stereocenters. The Hall–Kier alpha value is -9.75. The van der Waals surface area contributed by atoms with Crippen LogP contribution in [-0.2, 0) is 4.74 Å². The van der Waals surface area contributed by atoms with Crippen molar-refractivity contribution >= 4 is 72.4 Å². The Bertz CT molecular complexity index is 3740. The number of fused-ring (bicyclic) bond motifs is 6. The molecule has 376 valence electrons. The van der Waals surface area contributed by atoms with Gasteiger partial charge < -0.3 is 28.8 Å². The number of ether oxygens (including phenoxy) is 2. The monoisotopic (exact) mass is 1000 g/mol. The molecule has 0 bridgehead atoms. The highest BCUT2D eigenvalue weighted by Gasteiger charge is 2.38. The minimum atomic E-state index is -0.851. The summed E-state index contributed by atoms with van der Waals surface area (Å²) >= 11 is 0. The zero-order chi connectivity index (χ0) is 52.9. The summed E-state index contributed by atoms with van der Waals surface area (Å²) in [4.78, 5) is 2.32. The molecule has 77 heavy (non-hydrogen) atoms. The minimum Gasteiger partial charge on any atom is -0.494 e. The number of unbranched alkanes of at least 4 members (excludes halogenated alkanes) is 3. The van der Waals surface area contributed by atoms with Crippen LogP contribution >= 0.6 is 0 Å². The fraction of sp³-hybridized carbons (Fsp3) is 0.162. The topological polar surface area (TPSA) is 115 Å². The van der Waals surface area contributed by atoms with Crippen LogP contribution in [0.25, 0.3) is 61.1 Å². The summed E-state index contributed by atoms with van der Waals surface area (Å²) in [5.41, 5.74) is 11.9. The summed E-state index contributed by atoms with van der Waals surface area (Å²) in [5.74, 6) is 0.896. The Balaban J connectivity index is 0.727. The van der Waals surface area contributed by atoms with Gasteiger partial charge in [0, 0.05) is 67.3 Å². The Morgan fingerprint density at radius 1 is 0.571 bits per heavy atom. The molecular formula is C68H57N7O2. The zero-order valence-corrected chi connectivity index (χ0v) is 43.4. The third-order valence-electron chi connectivity index (χ3n) is 14.6. The molecule has 0 saturated heterocycles. The van der Waals surface area contributed by atoms with Crippen molar-refractivity contribution in [3.63, 3.8) is 0 Å². The van der Waals surface area contributed by atoms with Gasteiger partial charge in [0.2, 0.25) is 0 Å². The third kappa shape index (κ3) is 9.89. The first-order chi connectivity index (χ1) is 37.7. The van der Waals surface area contributed by atoms with Crippen molar-refractivity contribution in [1.82, 2.24) is 9.13 Å². The number of hydrogen-bond donors (Lipinski definition) is 1. The first-order valence-electron chi connectivity index (χ1n) is 26.4. The van der Waals surface area contributed by atoms with Gasteiger partial charge in [-0.1, -0.05) is 116 Å². The number of nitriles is 3. The summed E-state index contributed by atoms with van der Waals surface area (Å²) in [6.45, 7) is 6.51. The Morgan fingerprint density at radius 3 is 1.49 bits per heavy atom. The van der Waals surface area contributed by atoms with Crippen molar-refractivity contribution in [3.05, 3.63) is 228 Å². The number of allylic oxidation sites excluding steroid dienone is 2. The van der Waals surface area contributed by atoms with Gasteiger partial charge in [0.15, 0.2) is 11.3 Å². The highest BCUT2D eigenvalue weighted by molar-refractivity contribution is 6.10. The minimum absolute atomic E-state index is 0.0416. The molecular weight excluding hydrogens is 947 g/mol. The molecule has 0 spiro atoms. The van der Waals surface area contributed by atoms with Crippen LogP contribution in [0.4, 0.5) is 22.7 Å². The number of para-hydroxylation sites is 4. The molecule has 0 saturated carbocycles. The zero-order valence-electron chi connectivity index (χ0n) is 43.4. The van der Waals surface area contributed by atoms with E-state index in [2.05, 4.69) is 214 Å². The first-order valence-corrected chi connectivity index (χ1v) is 26.4. The summed E-state index contributed by atoms with van der Waals surface area (Å²) in [7, 11) is 0. The molecule has 0 radical (unpaired) electrons. The molecule has 9 heteroatoms. The lowest BCUT2D eigenvalue weighted by Gasteiger charge is -2.26. The van der Waals surface area contributed by atoms with E-state index in [1.165, 1.54) is 43.6 Å².